The van der Waals surface area contributed by atoms with Crippen molar-refractivity contribution in [2.45, 2.75) is 51.4 Å². The molecule has 0 aliphatic carbocycles. The van der Waals surface area contributed by atoms with Crippen molar-refractivity contribution < 1.29 is 14.3 Å². The van der Waals surface area contributed by atoms with Gasteiger partial charge in [0.15, 0.2) is 11.5 Å². The molecule has 0 spiro atoms. The number of methoxy groups -OCH3 is 1. The maximum atomic E-state index is 12.5. The van der Waals surface area contributed by atoms with Crippen molar-refractivity contribution in [1.82, 2.24) is 14.8 Å². The highest BCUT2D eigenvalue weighted by Gasteiger charge is 2.34. The Morgan fingerprint density at radius 2 is 2.00 bits per heavy atom. The van der Waals surface area contributed by atoms with E-state index in [0.717, 1.165) is 35.3 Å². The van der Waals surface area contributed by atoms with Crippen LogP contribution in [0.15, 0.2) is 58.9 Å². The Morgan fingerprint density at radius 1 is 1.20 bits per heavy atom. The van der Waals surface area contributed by atoms with Gasteiger partial charge < -0.3 is 20.5 Å². The van der Waals surface area contributed by atoms with E-state index in [1.54, 1.807) is 23.6 Å². The molecule has 1 aliphatic heterocycles. The Kier molecular flexibility index (Phi) is 7.65. The average molecular weight is 494 g/mol. The number of hydrogen-bond donors (Lipinski definition) is 2. The number of nitrogens with two attached hydrogens (primary N) is 1. The van der Waals surface area contributed by atoms with Crippen LogP contribution in [0, 0.1) is 6.92 Å². The maximum Gasteiger partial charge on any atom is 0.248 e. The molecule has 2 aromatic carbocycles. The summed E-state index contributed by atoms with van der Waals surface area (Å²) in [6, 6.07) is 13.2. The monoisotopic (exact) mass is 493 g/mol. The van der Waals surface area contributed by atoms with Crippen LogP contribution in [0.4, 0.5) is 5.95 Å². The number of unbranched alkanes of at least 4 members (excludes halogenated alkanes) is 1. The number of nitrogens with one attached hydrogen (secondary N) is 1. The van der Waals surface area contributed by atoms with Gasteiger partial charge in [0.1, 0.15) is 12.6 Å². The van der Waals surface area contributed by atoms with Crippen molar-refractivity contribution >= 4 is 23.6 Å². The minimum absolute atomic E-state index is 0.423. The first kappa shape index (κ1) is 24.7. The highest BCUT2D eigenvalue weighted by Crippen LogP contribution is 2.39. The van der Waals surface area contributed by atoms with Gasteiger partial charge in [0.2, 0.25) is 17.0 Å². The molecule has 184 valence electrons. The lowest BCUT2D eigenvalue weighted by Gasteiger charge is -2.28. The fraction of sp³-hybridized carbons (Fsp3) is 0.346. The summed E-state index contributed by atoms with van der Waals surface area (Å²) in [4.78, 5) is 17.1. The van der Waals surface area contributed by atoms with E-state index < -0.39 is 11.9 Å². The van der Waals surface area contributed by atoms with Crippen LogP contribution in [-0.4, -0.2) is 33.5 Å². The number of allylic oxidation sites excluding steroid dienone is 1. The summed E-state index contributed by atoms with van der Waals surface area (Å²) in [7, 11) is 1.60. The van der Waals surface area contributed by atoms with Gasteiger partial charge in [-0.3, -0.25) is 4.79 Å². The predicted octanol–water partition coefficient (Wildman–Crippen LogP) is 4.84. The molecule has 0 saturated carbocycles. The molecule has 3 aromatic rings. The van der Waals surface area contributed by atoms with Gasteiger partial charge in [-0.15, -0.1) is 5.10 Å². The van der Waals surface area contributed by atoms with Crippen LogP contribution in [0.3, 0.4) is 0 Å². The minimum atomic E-state index is -0.531. The van der Waals surface area contributed by atoms with Crippen LogP contribution in [0.2, 0.25) is 0 Å². The van der Waals surface area contributed by atoms with E-state index in [2.05, 4.69) is 30.2 Å². The standard InChI is InChI=1S/C26H31N5O3S/c1-5-6-13-35-26-29-25-28-17(3)22(24(27)32)23(31(25)30-26)18-11-12-20(21(14-18)33-4)34-15-19-10-8-7-9-16(19)2/h7-12,14,23H,5-6,13,15H2,1-4H3,(H2,27,32)(H,28,29,30). The Labute approximate surface area is 209 Å². The summed E-state index contributed by atoms with van der Waals surface area (Å²) in [5.74, 6) is 2.18. The first-order valence-corrected chi connectivity index (χ1v) is 12.6. The third kappa shape index (κ3) is 5.30. The molecule has 1 atom stereocenters. The molecule has 3 N–H and O–H groups in total. The zero-order valence-electron chi connectivity index (χ0n) is 20.5. The van der Waals surface area contributed by atoms with E-state index in [1.807, 2.05) is 43.3 Å². The number of hydrogen-bond acceptors (Lipinski definition) is 7. The number of thioether (sulfide) groups is 1. The summed E-state index contributed by atoms with van der Waals surface area (Å²) in [6.07, 6.45) is 2.18. The minimum Gasteiger partial charge on any atom is -0.493 e. The van der Waals surface area contributed by atoms with Gasteiger partial charge in [-0.2, -0.15) is 4.98 Å². The first-order chi connectivity index (χ1) is 16.9. The lowest BCUT2D eigenvalue weighted by molar-refractivity contribution is -0.115. The molecular weight excluding hydrogens is 462 g/mol. The van der Waals surface area contributed by atoms with Gasteiger partial charge in [-0.1, -0.05) is 55.4 Å². The number of benzene rings is 2. The number of primary amides is 1. The molecule has 8 nitrogen and oxygen atoms in total. The number of fused-ring (bicyclic) bond motifs is 1. The molecule has 0 fully saturated rings. The van der Waals surface area contributed by atoms with E-state index in [-0.39, 0.29) is 0 Å². The quantitative estimate of drug-likeness (QED) is 0.308. The Hall–Kier alpha value is -3.46. The van der Waals surface area contributed by atoms with Crippen LogP contribution >= 0.6 is 11.8 Å². The lowest BCUT2D eigenvalue weighted by atomic mass is 9.95. The molecular formula is C26H31N5O3S. The summed E-state index contributed by atoms with van der Waals surface area (Å²) in [6.45, 7) is 6.46. The van der Waals surface area contributed by atoms with Gasteiger partial charge in [-0.05, 0) is 49.1 Å². The van der Waals surface area contributed by atoms with Crippen molar-refractivity contribution in [2.24, 2.45) is 5.73 Å². The largest absolute Gasteiger partial charge is 0.493 e. The van der Waals surface area contributed by atoms with E-state index in [1.165, 1.54) is 0 Å². The number of aromatic nitrogens is 3. The zero-order valence-corrected chi connectivity index (χ0v) is 21.3. The lowest BCUT2D eigenvalue weighted by Crippen LogP contribution is -2.31. The topological polar surface area (TPSA) is 104 Å². The van der Waals surface area contributed by atoms with Crippen molar-refractivity contribution in [1.29, 1.82) is 0 Å². The van der Waals surface area contributed by atoms with E-state index in [9.17, 15) is 4.79 Å². The molecule has 35 heavy (non-hydrogen) atoms. The fourth-order valence-electron chi connectivity index (χ4n) is 4.03. The molecule has 9 heteroatoms. The molecule has 2 heterocycles. The van der Waals surface area contributed by atoms with Crippen molar-refractivity contribution in [3.63, 3.8) is 0 Å². The summed E-state index contributed by atoms with van der Waals surface area (Å²) in [5.41, 5.74) is 9.98. The zero-order chi connectivity index (χ0) is 24.9. The fourth-order valence-corrected chi connectivity index (χ4v) is 4.94. The van der Waals surface area contributed by atoms with Gasteiger partial charge in [0, 0.05) is 11.4 Å². The Balaban J connectivity index is 1.67. The predicted molar refractivity (Wildman–Crippen MR) is 138 cm³/mol. The van der Waals surface area contributed by atoms with Crippen LogP contribution in [0.25, 0.3) is 0 Å². The molecule has 1 unspecified atom stereocenters. The average Bonchev–Trinajstić information content (AvgIpc) is 3.24. The van der Waals surface area contributed by atoms with E-state index >= 15 is 0 Å². The normalized spacial score (nSPS) is 14.9. The number of anilines is 1. The highest BCUT2D eigenvalue weighted by atomic mass is 32.2. The first-order valence-electron chi connectivity index (χ1n) is 11.6. The van der Waals surface area contributed by atoms with Crippen molar-refractivity contribution in [2.75, 3.05) is 18.2 Å². The molecule has 1 aromatic heterocycles. The van der Waals surface area contributed by atoms with Crippen molar-refractivity contribution in [3.05, 3.63) is 70.4 Å². The van der Waals surface area contributed by atoms with Gasteiger partial charge in [-0.25, -0.2) is 4.68 Å². The second-order valence-electron chi connectivity index (χ2n) is 8.42. The highest BCUT2D eigenvalue weighted by molar-refractivity contribution is 7.99. The van der Waals surface area contributed by atoms with Crippen LogP contribution < -0.4 is 20.5 Å². The third-order valence-corrected chi connectivity index (χ3v) is 6.90. The molecule has 0 radical (unpaired) electrons. The maximum absolute atomic E-state index is 12.5. The molecule has 0 bridgehead atoms. The number of rotatable bonds is 10. The third-order valence-electron chi connectivity index (χ3n) is 5.98. The number of amides is 1. The van der Waals surface area contributed by atoms with E-state index in [0.29, 0.717) is 40.5 Å². The van der Waals surface area contributed by atoms with Gasteiger partial charge >= 0.3 is 0 Å². The van der Waals surface area contributed by atoms with Gasteiger partial charge in [0.05, 0.1) is 12.7 Å². The Bertz CT molecular complexity index is 1250. The number of carbonyl (C=O) groups excluding carboxylic acids is 1. The van der Waals surface area contributed by atoms with E-state index in [4.69, 9.17) is 20.3 Å². The smallest absolute Gasteiger partial charge is 0.248 e. The van der Waals surface area contributed by atoms with Crippen LogP contribution in [0.5, 0.6) is 11.5 Å². The van der Waals surface area contributed by atoms with Crippen LogP contribution in [0.1, 0.15) is 49.4 Å². The second kappa shape index (κ2) is 10.9. The molecule has 0 saturated heterocycles. The number of aryl methyl sites for hydroxylation is 1. The summed E-state index contributed by atoms with van der Waals surface area (Å²) in [5, 5.41) is 8.55. The summed E-state index contributed by atoms with van der Waals surface area (Å²) < 4.78 is 13.5. The number of ether oxygens (including phenoxy) is 2. The molecule has 1 amide bonds. The molecule has 1 aliphatic rings. The number of nitrogens with zero attached hydrogens (tertiary/aromatic N) is 3. The number of carbonyl (C=O) groups is 1. The molecule has 4 rings (SSSR count). The van der Waals surface area contributed by atoms with Crippen molar-refractivity contribution in [3.8, 4) is 11.5 Å². The second-order valence-corrected chi connectivity index (χ2v) is 9.48. The van der Waals surface area contributed by atoms with Crippen LogP contribution in [-0.2, 0) is 11.4 Å². The Morgan fingerprint density at radius 3 is 2.71 bits per heavy atom. The SMILES string of the molecule is CCCCSc1nc2n(n1)C(c1ccc(OCc3ccccc3C)c(OC)c1)C(C(N)=O)=C(C)N2. The summed E-state index contributed by atoms with van der Waals surface area (Å²) >= 11 is 1.60. The van der Waals surface area contributed by atoms with Gasteiger partial charge in [0.25, 0.3) is 0 Å².